The van der Waals surface area contributed by atoms with Gasteiger partial charge in [-0.3, -0.25) is 4.57 Å². The molecule has 2 bridgehead atoms. The van der Waals surface area contributed by atoms with Crippen LogP contribution in [0.5, 0.6) is 17.6 Å². The molecule has 0 spiro atoms. The highest BCUT2D eigenvalue weighted by atomic mass is 35.5. The lowest BCUT2D eigenvalue weighted by molar-refractivity contribution is -0.102. The van der Waals surface area contributed by atoms with Crippen molar-refractivity contribution in [2.24, 2.45) is 0 Å². The fourth-order valence-electron chi connectivity index (χ4n) is 6.28. The van der Waals surface area contributed by atoms with Gasteiger partial charge in [0.2, 0.25) is 17.6 Å². The number of nitriles is 1. The first kappa shape index (κ1) is 24.6. The van der Waals surface area contributed by atoms with Gasteiger partial charge in [0.25, 0.3) is 0 Å². The maximum Gasteiger partial charge on any atom is 0.213 e. The average Bonchev–Trinajstić information content (AvgIpc) is 3.54. The summed E-state index contributed by atoms with van der Waals surface area (Å²) in [5, 5.41) is 35.1. The number of nitrogens with zero attached hydrogens (tertiary/aromatic N) is 3. The normalized spacial score (nSPS) is 21.5. The number of ether oxygens (including phenoxy) is 2. The first-order valence-electron chi connectivity index (χ1n) is 13.0. The van der Waals surface area contributed by atoms with Crippen molar-refractivity contribution in [3.05, 3.63) is 76.4 Å². The van der Waals surface area contributed by atoms with Crippen LogP contribution in [0.25, 0.3) is 16.5 Å². The van der Waals surface area contributed by atoms with Crippen molar-refractivity contribution >= 4 is 22.4 Å². The third kappa shape index (κ3) is 3.63. The second kappa shape index (κ2) is 9.23. The first-order valence-corrected chi connectivity index (χ1v) is 13.4. The van der Waals surface area contributed by atoms with E-state index in [0.717, 1.165) is 36.5 Å². The smallest absolute Gasteiger partial charge is 0.213 e. The molecule has 7 nitrogen and oxygen atoms in total. The lowest BCUT2D eigenvalue weighted by atomic mass is 9.75. The maximum absolute atomic E-state index is 11.7. The molecule has 2 atom stereocenters. The number of halogens is 1. The van der Waals surface area contributed by atoms with Gasteiger partial charge in [-0.25, -0.2) is 4.98 Å². The van der Waals surface area contributed by atoms with Gasteiger partial charge in [0.15, 0.2) is 0 Å². The Morgan fingerprint density at radius 1 is 1.03 bits per heavy atom. The standard InChI is InChI=1S/C30H28ClN3O4/c1-2-3-12-29-13-14-30(38-29,15-16-37-24-11-9-20(31)18-33-24)26-25(29)27(35)34(28(26)36)23-10-8-19(17-32)21-6-4-5-7-22(21)23/h4-11,18,35-36H,2-3,12-16H2,1H3/t29-,30-/m1/s1. The lowest BCUT2D eigenvalue weighted by Crippen LogP contribution is -2.26. The Labute approximate surface area is 225 Å². The molecule has 2 N–H and O–H groups in total. The van der Waals surface area contributed by atoms with Crippen LogP contribution in [0.2, 0.25) is 5.02 Å². The molecule has 8 heteroatoms. The lowest BCUT2D eigenvalue weighted by Gasteiger charge is -2.27. The minimum Gasteiger partial charge on any atom is -0.494 e. The number of pyridine rings is 1. The predicted molar refractivity (Wildman–Crippen MR) is 144 cm³/mol. The van der Waals surface area contributed by atoms with E-state index in [-0.39, 0.29) is 11.8 Å². The van der Waals surface area contributed by atoms with Gasteiger partial charge < -0.3 is 19.7 Å². The van der Waals surface area contributed by atoms with E-state index in [1.165, 1.54) is 10.8 Å². The molecule has 2 aliphatic rings. The zero-order valence-corrected chi connectivity index (χ0v) is 21.8. The molecule has 2 aromatic carbocycles. The summed E-state index contributed by atoms with van der Waals surface area (Å²) in [7, 11) is 0. The molecule has 194 valence electrons. The zero-order valence-electron chi connectivity index (χ0n) is 21.1. The minimum absolute atomic E-state index is 0.00896. The number of benzene rings is 2. The largest absolute Gasteiger partial charge is 0.494 e. The fraction of sp³-hybridized carbons (Fsp3) is 0.333. The van der Waals surface area contributed by atoms with E-state index in [1.54, 1.807) is 24.3 Å². The molecule has 4 heterocycles. The van der Waals surface area contributed by atoms with E-state index in [0.29, 0.717) is 52.7 Å². The van der Waals surface area contributed by atoms with Gasteiger partial charge >= 0.3 is 0 Å². The number of hydrogen-bond donors (Lipinski definition) is 2. The van der Waals surface area contributed by atoms with Crippen LogP contribution in [-0.2, 0) is 15.9 Å². The van der Waals surface area contributed by atoms with Crippen molar-refractivity contribution in [3.63, 3.8) is 0 Å². The zero-order chi connectivity index (χ0) is 26.5. The highest BCUT2D eigenvalue weighted by Crippen LogP contribution is 2.67. The highest BCUT2D eigenvalue weighted by Gasteiger charge is 2.63. The van der Waals surface area contributed by atoms with Gasteiger partial charge in [0.1, 0.15) is 11.2 Å². The molecule has 2 aromatic heterocycles. The molecule has 0 radical (unpaired) electrons. The molecule has 6 rings (SSSR count). The summed E-state index contributed by atoms with van der Waals surface area (Å²) in [5.74, 6) is 0.424. The average molecular weight is 530 g/mol. The van der Waals surface area contributed by atoms with Crippen LogP contribution in [0.1, 0.15) is 62.1 Å². The molecule has 4 aromatic rings. The quantitative estimate of drug-likeness (QED) is 0.259. The van der Waals surface area contributed by atoms with Crippen LogP contribution < -0.4 is 4.74 Å². The fourth-order valence-corrected chi connectivity index (χ4v) is 6.39. The van der Waals surface area contributed by atoms with Crippen molar-refractivity contribution in [3.8, 4) is 29.4 Å². The van der Waals surface area contributed by atoms with E-state index in [1.807, 2.05) is 24.3 Å². The second-order valence-electron chi connectivity index (χ2n) is 10.1. The summed E-state index contributed by atoms with van der Waals surface area (Å²) in [6.07, 6.45) is 6.18. The Bertz CT molecular complexity index is 1580. The third-order valence-corrected chi connectivity index (χ3v) is 8.23. The number of unbranched alkanes of at least 4 members (excludes halogenated alkanes) is 1. The Balaban J connectivity index is 1.45. The van der Waals surface area contributed by atoms with Crippen LogP contribution in [0, 0.1) is 11.3 Å². The summed E-state index contributed by atoms with van der Waals surface area (Å²) in [4.78, 5) is 4.21. The van der Waals surface area contributed by atoms with Gasteiger partial charge in [-0.15, -0.1) is 0 Å². The molecule has 0 amide bonds. The molecule has 0 unspecified atom stereocenters. The van der Waals surface area contributed by atoms with Crippen LogP contribution in [0.4, 0.5) is 0 Å². The van der Waals surface area contributed by atoms with E-state index < -0.39 is 11.2 Å². The molecule has 2 aliphatic heterocycles. The monoisotopic (exact) mass is 529 g/mol. The Morgan fingerprint density at radius 3 is 2.39 bits per heavy atom. The Kier molecular flexibility index (Phi) is 5.97. The SMILES string of the molecule is CCCC[C@]12CC[C@](CCOc3ccc(Cl)cn3)(O1)c1c2c(O)n(-c2ccc(C#N)c3ccccc23)c1O. The van der Waals surface area contributed by atoms with Crippen molar-refractivity contribution in [1.82, 2.24) is 9.55 Å². The van der Waals surface area contributed by atoms with Gasteiger partial charge in [-0.2, -0.15) is 5.26 Å². The van der Waals surface area contributed by atoms with E-state index in [4.69, 9.17) is 21.1 Å². The number of hydrogen-bond acceptors (Lipinski definition) is 6. The summed E-state index contributed by atoms with van der Waals surface area (Å²) < 4.78 is 14.2. The second-order valence-corrected chi connectivity index (χ2v) is 10.6. The Morgan fingerprint density at radius 2 is 1.74 bits per heavy atom. The molecule has 0 aliphatic carbocycles. The summed E-state index contributed by atoms with van der Waals surface area (Å²) in [6.45, 7) is 2.45. The van der Waals surface area contributed by atoms with Crippen LogP contribution >= 0.6 is 11.6 Å². The highest BCUT2D eigenvalue weighted by molar-refractivity contribution is 6.30. The van der Waals surface area contributed by atoms with Gasteiger partial charge in [-0.1, -0.05) is 55.6 Å². The molecule has 1 fully saturated rings. The molecular formula is C30H28ClN3O4. The van der Waals surface area contributed by atoms with Crippen molar-refractivity contribution in [2.75, 3.05) is 6.61 Å². The van der Waals surface area contributed by atoms with E-state index in [2.05, 4.69) is 18.0 Å². The number of fused-ring (bicyclic) bond motifs is 6. The van der Waals surface area contributed by atoms with Crippen molar-refractivity contribution in [1.29, 1.82) is 5.26 Å². The first-order chi connectivity index (χ1) is 18.4. The van der Waals surface area contributed by atoms with Gasteiger partial charge in [-0.05, 0) is 37.5 Å². The van der Waals surface area contributed by atoms with Crippen LogP contribution in [0.3, 0.4) is 0 Å². The van der Waals surface area contributed by atoms with Crippen molar-refractivity contribution in [2.45, 2.75) is 56.7 Å². The van der Waals surface area contributed by atoms with Crippen molar-refractivity contribution < 1.29 is 19.7 Å². The molecule has 1 saturated heterocycles. The van der Waals surface area contributed by atoms with Crippen LogP contribution in [0.15, 0.2) is 54.7 Å². The van der Waals surface area contributed by atoms with E-state index in [9.17, 15) is 15.5 Å². The number of aromatic nitrogens is 2. The van der Waals surface area contributed by atoms with Gasteiger partial charge in [0, 0.05) is 29.5 Å². The number of aromatic hydroxyl groups is 2. The third-order valence-electron chi connectivity index (χ3n) is 8.01. The summed E-state index contributed by atoms with van der Waals surface area (Å²) >= 11 is 5.94. The summed E-state index contributed by atoms with van der Waals surface area (Å²) in [6, 6.07) is 16.7. The topological polar surface area (TPSA) is 101 Å². The number of rotatable bonds is 8. The van der Waals surface area contributed by atoms with Crippen LogP contribution in [-0.4, -0.2) is 26.4 Å². The predicted octanol–water partition coefficient (Wildman–Crippen LogP) is 6.84. The Hall–Kier alpha value is -3.73. The molecule has 38 heavy (non-hydrogen) atoms. The molecular weight excluding hydrogens is 502 g/mol. The molecule has 0 saturated carbocycles. The van der Waals surface area contributed by atoms with Gasteiger partial charge in [0.05, 0.1) is 40.1 Å². The maximum atomic E-state index is 11.7. The van der Waals surface area contributed by atoms with E-state index >= 15 is 0 Å². The minimum atomic E-state index is -0.787. The summed E-state index contributed by atoms with van der Waals surface area (Å²) in [5.41, 5.74) is 1.01.